The van der Waals surface area contributed by atoms with Crippen LogP contribution < -0.4 is 0 Å². The summed E-state index contributed by atoms with van der Waals surface area (Å²) in [6.07, 6.45) is 3.10. The van der Waals surface area contributed by atoms with Gasteiger partial charge in [0.2, 0.25) is 0 Å². The zero-order valence-corrected chi connectivity index (χ0v) is 9.66. The lowest BCUT2D eigenvalue weighted by atomic mass is 10.1. The van der Waals surface area contributed by atoms with Gasteiger partial charge in [-0.2, -0.15) is 0 Å². The minimum atomic E-state index is 0.637. The van der Waals surface area contributed by atoms with E-state index in [9.17, 15) is 0 Å². The Kier molecular flexibility index (Phi) is 4.67. The van der Waals surface area contributed by atoms with Gasteiger partial charge in [0.15, 0.2) is 0 Å². The molecular weight excluding hydrogens is 204 g/mol. The molecule has 1 aromatic rings. The predicted octanol–water partition coefficient (Wildman–Crippen LogP) is 2.91. The van der Waals surface area contributed by atoms with Gasteiger partial charge in [-0.1, -0.05) is 20.3 Å². The SMILES string of the molecule is CCC(C)Cc1nnc(CCCl)s1. The number of rotatable bonds is 5. The highest BCUT2D eigenvalue weighted by molar-refractivity contribution is 7.11. The van der Waals surface area contributed by atoms with E-state index in [0.717, 1.165) is 22.9 Å². The van der Waals surface area contributed by atoms with Gasteiger partial charge < -0.3 is 0 Å². The molecule has 1 aromatic heterocycles. The molecule has 1 heterocycles. The van der Waals surface area contributed by atoms with Crippen LogP contribution in [0.25, 0.3) is 0 Å². The van der Waals surface area contributed by atoms with Crippen LogP contribution in [0.4, 0.5) is 0 Å². The van der Waals surface area contributed by atoms with Crippen LogP contribution in [0.15, 0.2) is 0 Å². The predicted molar refractivity (Wildman–Crippen MR) is 57.5 cm³/mol. The molecule has 1 rings (SSSR count). The van der Waals surface area contributed by atoms with E-state index < -0.39 is 0 Å². The van der Waals surface area contributed by atoms with Crippen molar-refractivity contribution in [1.29, 1.82) is 0 Å². The molecule has 0 aliphatic carbocycles. The van der Waals surface area contributed by atoms with Gasteiger partial charge in [-0.05, 0) is 5.92 Å². The standard InChI is InChI=1S/C9H15ClN2S/c1-3-7(2)6-9-12-11-8(13-9)4-5-10/h7H,3-6H2,1-2H3. The third-order valence-corrected chi connectivity index (χ3v) is 3.23. The number of aromatic nitrogens is 2. The quantitative estimate of drug-likeness (QED) is 0.711. The lowest BCUT2D eigenvalue weighted by molar-refractivity contribution is 0.556. The average molecular weight is 219 g/mol. The molecule has 2 nitrogen and oxygen atoms in total. The van der Waals surface area contributed by atoms with E-state index in [1.807, 2.05) is 0 Å². The monoisotopic (exact) mass is 218 g/mol. The highest BCUT2D eigenvalue weighted by atomic mass is 35.5. The minimum Gasteiger partial charge on any atom is -0.144 e. The van der Waals surface area contributed by atoms with Gasteiger partial charge in [0.1, 0.15) is 10.0 Å². The fourth-order valence-corrected chi connectivity index (χ4v) is 2.29. The molecule has 4 heteroatoms. The molecule has 74 valence electrons. The Labute approximate surface area is 88.3 Å². The molecule has 0 N–H and O–H groups in total. The molecule has 0 aliphatic heterocycles. The molecule has 0 amide bonds. The number of halogens is 1. The Morgan fingerprint density at radius 2 is 2.08 bits per heavy atom. The molecule has 0 spiro atoms. The van der Waals surface area contributed by atoms with Gasteiger partial charge in [-0.3, -0.25) is 0 Å². The van der Waals surface area contributed by atoms with Gasteiger partial charge in [-0.15, -0.1) is 33.1 Å². The van der Waals surface area contributed by atoms with Crippen molar-refractivity contribution in [3.05, 3.63) is 10.0 Å². The fraction of sp³-hybridized carbons (Fsp3) is 0.778. The second-order valence-electron chi connectivity index (χ2n) is 3.25. The Morgan fingerprint density at radius 3 is 2.69 bits per heavy atom. The third kappa shape index (κ3) is 3.61. The van der Waals surface area contributed by atoms with Gasteiger partial charge in [0, 0.05) is 18.7 Å². The molecule has 0 aliphatic rings. The van der Waals surface area contributed by atoms with E-state index in [-0.39, 0.29) is 0 Å². The Morgan fingerprint density at radius 1 is 1.38 bits per heavy atom. The van der Waals surface area contributed by atoms with Crippen LogP contribution in [-0.2, 0) is 12.8 Å². The third-order valence-electron chi connectivity index (χ3n) is 2.04. The highest BCUT2D eigenvalue weighted by Gasteiger charge is 2.06. The maximum absolute atomic E-state index is 5.62. The summed E-state index contributed by atoms with van der Waals surface area (Å²) in [4.78, 5) is 0. The van der Waals surface area contributed by atoms with Crippen molar-refractivity contribution in [1.82, 2.24) is 10.2 Å². The van der Waals surface area contributed by atoms with Crippen LogP contribution in [0.2, 0.25) is 0 Å². The number of hydrogen-bond donors (Lipinski definition) is 0. The first-order valence-corrected chi connectivity index (χ1v) is 5.98. The van der Waals surface area contributed by atoms with Crippen molar-refractivity contribution in [2.75, 3.05) is 5.88 Å². The molecule has 13 heavy (non-hydrogen) atoms. The number of hydrogen-bond acceptors (Lipinski definition) is 3. The summed E-state index contributed by atoms with van der Waals surface area (Å²) < 4.78 is 0. The molecule has 1 atom stereocenters. The molecule has 0 radical (unpaired) electrons. The zero-order valence-electron chi connectivity index (χ0n) is 8.09. The molecule has 0 aromatic carbocycles. The van der Waals surface area contributed by atoms with Crippen LogP contribution in [0.1, 0.15) is 30.3 Å². The molecule has 0 fully saturated rings. The maximum Gasteiger partial charge on any atom is 0.118 e. The summed E-state index contributed by atoms with van der Waals surface area (Å²) in [6, 6.07) is 0. The van der Waals surface area contributed by atoms with Crippen molar-refractivity contribution in [3.8, 4) is 0 Å². The number of nitrogens with zero attached hydrogens (tertiary/aromatic N) is 2. The summed E-state index contributed by atoms with van der Waals surface area (Å²) in [5.74, 6) is 1.34. The summed E-state index contributed by atoms with van der Waals surface area (Å²) in [5, 5.41) is 10.4. The number of alkyl halides is 1. The molecule has 0 bridgehead atoms. The van der Waals surface area contributed by atoms with Crippen molar-refractivity contribution in [3.63, 3.8) is 0 Å². The van der Waals surface area contributed by atoms with E-state index in [2.05, 4.69) is 24.0 Å². The molecular formula is C9H15ClN2S. The van der Waals surface area contributed by atoms with Crippen LogP contribution in [0.3, 0.4) is 0 Å². The molecule has 0 saturated heterocycles. The van der Waals surface area contributed by atoms with Gasteiger partial charge in [-0.25, -0.2) is 0 Å². The van der Waals surface area contributed by atoms with Crippen LogP contribution in [-0.4, -0.2) is 16.1 Å². The van der Waals surface area contributed by atoms with E-state index in [1.54, 1.807) is 11.3 Å². The summed E-state index contributed by atoms with van der Waals surface area (Å²) in [7, 11) is 0. The Bertz CT molecular complexity index is 250. The van der Waals surface area contributed by atoms with E-state index in [1.165, 1.54) is 6.42 Å². The normalized spacial score (nSPS) is 13.2. The highest BCUT2D eigenvalue weighted by Crippen LogP contribution is 2.16. The van der Waals surface area contributed by atoms with Crippen molar-refractivity contribution in [2.45, 2.75) is 33.1 Å². The first-order valence-electron chi connectivity index (χ1n) is 4.63. The zero-order chi connectivity index (χ0) is 9.68. The van der Waals surface area contributed by atoms with Crippen LogP contribution in [0.5, 0.6) is 0 Å². The van der Waals surface area contributed by atoms with E-state index in [0.29, 0.717) is 11.8 Å². The summed E-state index contributed by atoms with van der Waals surface area (Å²) in [5.41, 5.74) is 0. The van der Waals surface area contributed by atoms with Crippen molar-refractivity contribution >= 4 is 22.9 Å². The topological polar surface area (TPSA) is 25.8 Å². The van der Waals surface area contributed by atoms with E-state index in [4.69, 9.17) is 11.6 Å². The van der Waals surface area contributed by atoms with Crippen LogP contribution in [0, 0.1) is 5.92 Å². The summed E-state index contributed by atoms with van der Waals surface area (Å²) >= 11 is 7.31. The second kappa shape index (κ2) is 5.55. The van der Waals surface area contributed by atoms with Crippen LogP contribution >= 0.6 is 22.9 Å². The smallest absolute Gasteiger partial charge is 0.118 e. The molecule has 1 unspecified atom stereocenters. The second-order valence-corrected chi connectivity index (χ2v) is 4.77. The largest absolute Gasteiger partial charge is 0.144 e. The molecule has 0 saturated carbocycles. The van der Waals surface area contributed by atoms with Crippen molar-refractivity contribution in [2.24, 2.45) is 5.92 Å². The van der Waals surface area contributed by atoms with Gasteiger partial charge >= 0.3 is 0 Å². The summed E-state index contributed by atoms with van der Waals surface area (Å²) in [6.45, 7) is 4.44. The first kappa shape index (κ1) is 10.9. The lowest BCUT2D eigenvalue weighted by Gasteiger charge is -2.02. The van der Waals surface area contributed by atoms with E-state index >= 15 is 0 Å². The van der Waals surface area contributed by atoms with Gasteiger partial charge in [0.05, 0.1) is 0 Å². The Hall–Kier alpha value is -0.150. The fourth-order valence-electron chi connectivity index (χ4n) is 0.995. The lowest BCUT2D eigenvalue weighted by Crippen LogP contribution is -1.96. The number of aryl methyl sites for hydroxylation is 1. The van der Waals surface area contributed by atoms with Crippen molar-refractivity contribution < 1.29 is 0 Å². The maximum atomic E-state index is 5.62. The average Bonchev–Trinajstić information content (AvgIpc) is 2.53. The first-order chi connectivity index (χ1) is 6.26. The minimum absolute atomic E-state index is 0.637. The Balaban J connectivity index is 2.48. The van der Waals surface area contributed by atoms with Gasteiger partial charge in [0.25, 0.3) is 0 Å².